The van der Waals surface area contributed by atoms with Gasteiger partial charge in [0, 0.05) is 11.8 Å². The summed E-state index contributed by atoms with van der Waals surface area (Å²) in [6.45, 7) is 4.50. The van der Waals surface area contributed by atoms with Crippen LogP contribution in [0.1, 0.15) is 41.5 Å². The predicted octanol–water partition coefficient (Wildman–Crippen LogP) is 3.56. The van der Waals surface area contributed by atoms with Crippen LogP contribution in [0.4, 0.5) is 10.2 Å². The number of carbonyl (C=O) groups is 1. The molecule has 1 radical (unpaired) electrons. The number of rotatable bonds is 5. The van der Waals surface area contributed by atoms with Crippen molar-refractivity contribution in [2.24, 2.45) is 5.92 Å². The van der Waals surface area contributed by atoms with E-state index in [-0.39, 0.29) is 29.7 Å². The number of ether oxygens (including phenoxy) is 1. The first kappa shape index (κ1) is 18.2. The first-order chi connectivity index (χ1) is 13.0. The number of methoxy groups -OCH3 is 1. The Hall–Kier alpha value is -2.21. The van der Waals surface area contributed by atoms with Crippen LogP contribution in [-0.4, -0.2) is 26.9 Å². The fourth-order valence-corrected chi connectivity index (χ4v) is 5.47. The van der Waals surface area contributed by atoms with Gasteiger partial charge in [-0.3, -0.25) is 4.79 Å². The Balaban J connectivity index is 1.49. The Labute approximate surface area is 160 Å². The Bertz CT molecular complexity index is 869. The molecule has 1 saturated carbocycles. The van der Waals surface area contributed by atoms with Crippen molar-refractivity contribution in [1.82, 2.24) is 4.98 Å². The van der Waals surface area contributed by atoms with Crippen molar-refractivity contribution in [3.05, 3.63) is 53.0 Å². The summed E-state index contributed by atoms with van der Waals surface area (Å²) < 4.78 is 19.3. The average Bonchev–Trinajstić information content (AvgIpc) is 3.36. The second-order valence-corrected chi connectivity index (χ2v) is 10.2. The molecule has 2 aliphatic rings. The number of aromatic nitrogens is 1. The second-order valence-electron chi connectivity index (χ2n) is 7.67. The summed E-state index contributed by atoms with van der Waals surface area (Å²) in [4.78, 5) is 16.1. The summed E-state index contributed by atoms with van der Waals surface area (Å²) in [6, 6.07) is 7.47. The Morgan fingerprint density at radius 2 is 2.11 bits per heavy atom. The van der Waals surface area contributed by atoms with Gasteiger partial charge in [-0.2, -0.15) is 0 Å². The fraction of sp³-hybridized carbons (Fsp3) is 0.429. The maximum absolute atomic E-state index is 14.5. The number of hydrogen-bond donors (Lipinski definition) is 1. The van der Waals surface area contributed by atoms with E-state index < -0.39 is 8.80 Å². The number of esters is 1. The SMILES string of the molecule is COC(=O)[C@H]1C[C@@H]1c1ccc(N[C@@H]2CCc3c([Si](C)C)ccc(F)c32)nc1. The molecule has 0 aliphatic heterocycles. The molecule has 0 bridgehead atoms. The quantitative estimate of drug-likeness (QED) is 0.634. The molecule has 1 aromatic heterocycles. The van der Waals surface area contributed by atoms with Crippen LogP contribution < -0.4 is 10.5 Å². The molecule has 4 rings (SSSR count). The minimum absolute atomic E-state index is 0.0380. The Morgan fingerprint density at radius 1 is 1.30 bits per heavy atom. The van der Waals surface area contributed by atoms with E-state index in [4.69, 9.17) is 4.74 Å². The highest BCUT2D eigenvalue weighted by atomic mass is 28.3. The molecule has 2 aliphatic carbocycles. The van der Waals surface area contributed by atoms with Crippen LogP contribution in [0.5, 0.6) is 0 Å². The van der Waals surface area contributed by atoms with E-state index in [1.54, 1.807) is 6.07 Å². The van der Waals surface area contributed by atoms with Gasteiger partial charge < -0.3 is 10.1 Å². The molecular weight excluding hydrogens is 359 g/mol. The van der Waals surface area contributed by atoms with E-state index in [9.17, 15) is 9.18 Å². The van der Waals surface area contributed by atoms with E-state index in [0.29, 0.717) is 0 Å². The number of carbonyl (C=O) groups excluding carboxylic acids is 1. The minimum atomic E-state index is -0.618. The molecule has 0 amide bonds. The third-order valence-electron chi connectivity index (χ3n) is 5.71. The number of fused-ring (bicyclic) bond motifs is 1. The van der Waals surface area contributed by atoms with Crippen LogP contribution in [0.25, 0.3) is 0 Å². The summed E-state index contributed by atoms with van der Waals surface area (Å²) >= 11 is 0. The first-order valence-electron chi connectivity index (χ1n) is 9.41. The average molecular weight is 384 g/mol. The van der Waals surface area contributed by atoms with Gasteiger partial charge in [0.25, 0.3) is 0 Å². The van der Waals surface area contributed by atoms with Crippen molar-refractivity contribution in [3.8, 4) is 0 Å². The van der Waals surface area contributed by atoms with Crippen LogP contribution in [0.3, 0.4) is 0 Å². The van der Waals surface area contributed by atoms with Gasteiger partial charge in [-0.25, -0.2) is 9.37 Å². The van der Waals surface area contributed by atoms with E-state index in [0.717, 1.165) is 36.2 Å². The molecule has 2 aromatic rings. The van der Waals surface area contributed by atoms with Gasteiger partial charge in [0.1, 0.15) is 11.6 Å². The first-order valence-corrected chi connectivity index (χ1v) is 11.9. The normalized spacial score (nSPS) is 23.2. The smallest absolute Gasteiger partial charge is 0.309 e. The Kier molecular flexibility index (Phi) is 4.76. The van der Waals surface area contributed by atoms with Crippen molar-refractivity contribution < 1.29 is 13.9 Å². The van der Waals surface area contributed by atoms with Crippen LogP contribution in [0.15, 0.2) is 30.5 Å². The zero-order valence-corrected chi connectivity index (χ0v) is 16.9. The largest absolute Gasteiger partial charge is 0.469 e. The zero-order chi connectivity index (χ0) is 19.1. The number of benzene rings is 1. The topological polar surface area (TPSA) is 51.2 Å². The number of anilines is 1. The minimum Gasteiger partial charge on any atom is -0.469 e. The zero-order valence-electron chi connectivity index (χ0n) is 15.9. The van der Waals surface area contributed by atoms with Gasteiger partial charge >= 0.3 is 5.97 Å². The summed E-state index contributed by atoms with van der Waals surface area (Å²) in [6.07, 6.45) is 4.44. The molecule has 4 nitrogen and oxygen atoms in total. The van der Waals surface area contributed by atoms with Crippen molar-refractivity contribution >= 4 is 25.8 Å². The summed E-state index contributed by atoms with van der Waals surface area (Å²) in [5, 5.41) is 4.74. The Morgan fingerprint density at radius 3 is 2.78 bits per heavy atom. The highest BCUT2D eigenvalue weighted by Gasteiger charge is 2.45. The number of halogens is 1. The molecule has 1 aromatic carbocycles. The molecule has 1 N–H and O–H groups in total. The molecule has 1 heterocycles. The van der Waals surface area contributed by atoms with Gasteiger partial charge in [-0.1, -0.05) is 30.4 Å². The van der Waals surface area contributed by atoms with Crippen LogP contribution in [-0.2, 0) is 16.0 Å². The van der Waals surface area contributed by atoms with Gasteiger partial charge in [0.15, 0.2) is 0 Å². The summed E-state index contributed by atoms with van der Waals surface area (Å²) in [5.41, 5.74) is 3.07. The van der Waals surface area contributed by atoms with Gasteiger partial charge in [-0.05, 0) is 48.4 Å². The monoisotopic (exact) mass is 383 g/mol. The van der Waals surface area contributed by atoms with Crippen molar-refractivity contribution in [1.29, 1.82) is 0 Å². The second kappa shape index (κ2) is 7.07. The van der Waals surface area contributed by atoms with E-state index in [1.165, 1.54) is 17.9 Å². The van der Waals surface area contributed by atoms with Gasteiger partial charge in [0.05, 0.1) is 27.9 Å². The van der Waals surface area contributed by atoms with E-state index >= 15 is 0 Å². The van der Waals surface area contributed by atoms with Crippen LogP contribution in [0, 0.1) is 11.7 Å². The van der Waals surface area contributed by atoms with E-state index in [2.05, 4.69) is 23.4 Å². The summed E-state index contributed by atoms with van der Waals surface area (Å²) in [7, 11) is 0.807. The number of pyridine rings is 1. The highest BCUT2D eigenvalue weighted by molar-refractivity contribution is 6.71. The number of nitrogens with zero attached hydrogens (tertiary/aromatic N) is 1. The van der Waals surface area contributed by atoms with Crippen LogP contribution in [0.2, 0.25) is 13.1 Å². The molecule has 6 heteroatoms. The standard InChI is InChI=1S/C21H24FN2O2Si/c1-26-21(25)15-10-14(15)12-4-9-19(23-11-12)24-17-7-5-13-18(27(2)3)8-6-16(22)20(13)17/h4,6,8-9,11,14-15,17H,5,7,10H2,1-3H3,(H,23,24)/t14-,15+,17-/m1/s1. The molecule has 141 valence electrons. The molecule has 0 unspecified atom stereocenters. The fourth-order valence-electron chi connectivity index (χ4n) is 4.19. The lowest BCUT2D eigenvalue weighted by atomic mass is 10.1. The maximum Gasteiger partial charge on any atom is 0.309 e. The lowest BCUT2D eigenvalue weighted by Gasteiger charge is -2.17. The predicted molar refractivity (Wildman–Crippen MR) is 105 cm³/mol. The lowest BCUT2D eigenvalue weighted by molar-refractivity contribution is -0.142. The molecule has 0 saturated heterocycles. The number of nitrogens with one attached hydrogen (secondary N) is 1. The van der Waals surface area contributed by atoms with E-state index in [1.807, 2.05) is 24.4 Å². The van der Waals surface area contributed by atoms with Gasteiger partial charge in [0.2, 0.25) is 0 Å². The molecular formula is C21H24FN2O2Si. The van der Waals surface area contributed by atoms with Crippen molar-refractivity contribution in [2.75, 3.05) is 12.4 Å². The molecule has 3 atom stereocenters. The molecule has 0 spiro atoms. The van der Waals surface area contributed by atoms with Crippen molar-refractivity contribution in [2.45, 2.75) is 44.3 Å². The molecule has 27 heavy (non-hydrogen) atoms. The highest BCUT2D eigenvalue weighted by Crippen LogP contribution is 2.48. The lowest BCUT2D eigenvalue weighted by Crippen LogP contribution is -2.27. The van der Waals surface area contributed by atoms with Crippen molar-refractivity contribution in [3.63, 3.8) is 0 Å². The third kappa shape index (κ3) is 3.38. The maximum atomic E-state index is 14.5. The summed E-state index contributed by atoms with van der Waals surface area (Å²) in [5.74, 6) is 0.645. The number of hydrogen-bond acceptors (Lipinski definition) is 4. The van der Waals surface area contributed by atoms with Gasteiger partial charge in [-0.15, -0.1) is 0 Å². The molecule has 1 fully saturated rings. The van der Waals surface area contributed by atoms with Crippen LogP contribution >= 0.6 is 0 Å². The third-order valence-corrected chi connectivity index (χ3v) is 7.25.